The molecule has 4 nitrogen and oxygen atoms in total. The van der Waals surface area contributed by atoms with Crippen LogP contribution >= 0.6 is 11.3 Å². The average Bonchev–Trinajstić information content (AvgIpc) is 2.80. The standard InChI is InChI=1S/C11H11NO3S/c1-2-15-11-8(9(13)10(11)14)12-6-7-4-3-5-16-7/h3-5,12H,2,6H2,1H3. The van der Waals surface area contributed by atoms with E-state index in [1.165, 1.54) is 0 Å². The van der Waals surface area contributed by atoms with Crippen LogP contribution in [0.15, 0.2) is 27.1 Å². The fourth-order valence-corrected chi connectivity index (χ4v) is 2.05. The van der Waals surface area contributed by atoms with Crippen molar-refractivity contribution in [2.24, 2.45) is 0 Å². The lowest BCUT2D eigenvalue weighted by Gasteiger charge is -2.12. The first-order valence-electron chi connectivity index (χ1n) is 4.96. The van der Waals surface area contributed by atoms with E-state index in [-0.39, 0.29) is 5.75 Å². The van der Waals surface area contributed by atoms with E-state index < -0.39 is 10.9 Å². The monoisotopic (exact) mass is 237 g/mol. The summed E-state index contributed by atoms with van der Waals surface area (Å²) in [6, 6.07) is 3.90. The van der Waals surface area contributed by atoms with Gasteiger partial charge in [-0.1, -0.05) is 6.07 Å². The van der Waals surface area contributed by atoms with Gasteiger partial charge in [-0.2, -0.15) is 0 Å². The molecular weight excluding hydrogens is 226 g/mol. The minimum absolute atomic E-state index is 0.170. The van der Waals surface area contributed by atoms with Gasteiger partial charge in [-0.25, -0.2) is 0 Å². The molecule has 0 spiro atoms. The Hall–Kier alpha value is -1.62. The molecule has 0 aliphatic carbocycles. The summed E-state index contributed by atoms with van der Waals surface area (Å²) in [5.74, 6) is 0.170. The maximum absolute atomic E-state index is 11.3. The lowest BCUT2D eigenvalue weighted by Crippen LogP contribution is -2.35. The van der Waals surface area contributed by atoms with Gasteiger partial charge in [0.05, 0.1) is 6.61 Å². The molecule has 0 saturated heterocycles. The van der Waals surface area contributed by atoms with Gasteiger partial charge in [-0.3, -0.25) is 9.59 Å². The second kappa shape index (κ2) is 4.49. The van der Waals surface area contributed by atoms with E-state index in [9.17, 15) is 9.59 Å². The van der Waals surface area contributed by atoms with Crippen molar-refractivity contribution in [1.29, 1.82) is 0 Å². The molecule has 2 aromatic rings. The number of ether oxygens (including phenoxy) is 1. The first-order valence-corrected chi connectivity index (χ1v) is 5.84. The second-order valence-electron chi connectivity index (χ2n) is 3.23. The number of rotatable bonds is 5. The number of anilines is 1. The third kappa shape index (κ3) is 1.86. The van der Waals surface area contributed by atoms with Gasteiger partial charge in [0.1, 0.15) is 5.69 Å². The van der Waals surface area contributed by atoms with Crippen molar-refractivity contribution in [1.82, 2.24) is 0 Å². The smallest absolute Gasteiger partial charge is 0.272 e. The lowest BCUT2D eigenvalue weighted by atomic mass is 10.2. The largest absolute Gasteiger partial charge is 0.488 e. The molecule has 2 rings (SSSR count). The molecule has 1 N–H and O–H groups in total. The molecular formula is C11H11NO3S. The Morgan fingerprint density at radius 2 is 2.19 bits per heavy atom. The van der Waals surface area contributed by atoms with E-state index in [4.69, 9.17) is 4.74 Å². The van der Waals surface area contributed by atoms with E-state index in [1.54, 1.807) is 18.3 Å². The molecule has 0 amide bonds. The highest BCUT2D eigenvalue weighted by Crippen LogP contribution is 2.19. The summed E-state index contributed by atoms with van der Waals surface area (Å²) >= 11 is 1.59. The SMILES string of the molecule is CCOc1c(NCc2cccs2)c(=O)c1=O. The highest BCUT2D eigenvalue weighted by Gasteiger charge is 2.21. The van der Waals surface area contributed by atoms with Gasteiger partial charge in [0.15, 0.2) is 5.75 Å². The maximum atomic E-state index is 11.3. The highest BCUT2D eigenvalue weighted by molar-refractivity contribution is 7.09. The normalized spacial score (nSPS) is 10.6. The molecule has 0 radical (unpaired) electrons. The molecule has 1 aromatic carbocycles. The van der Waals surface area contributed by atoms with Crippen molar-refractivity contribution >= 4 is 17.0 Å². The molecule has 0 fully saturated rings. The Kier molecular flexibility index (Phi) is 3.05. The van der Waals surface area contributed by atoms with Crippen LogP contribution in [0, 0.1) is 0 Å². The number of thiophene rings is 1. The molecule has 0 aliphatic rings. The van der Waals surface area contributed by atoms with E-state index in [0.717, 1.165) is 4.88 Å². The number of hydrogen-bond acceptors (Lipinski definition) is 5. The van der Waals surface area contributed by atoms with Crippen LogP contribution in [0.5, 0.6) is 5.75 Å². The summed E-state index contributed by atoms with van der Waals surface area (Å²) in [5, 5.41) is 4.89. The summed E-state index contributed by atoms with van der Waals surface area (Å²) < 4.78 is 5.09. The first-order chi connectivity index (χ1) is 7.74. The van der Waals surface area contributed by atoms with E-state index in [2.05, 4.69) is 5.32 Å². The van der Waals surface area contributed by atoms with Crippen LogP contribution in [-0.2, 0) is 6.54 Å². The van der Waals surface area contributed by atoms with Crippen molar-refractivity contribution in [2.75, 3.05) is 11.9 Å². The van der Waals surface area contributed by atoms with Gasteiger partial charge in [-0.05, 0) is 18.4 Å². The lowest BCUT2D eigenvalue weighted by molar-refractivity contribution is 0.334. The van der Waals surface area contributed by atoms with Crippen molar-refractivity contribution in [2.45, 2.75) is 13.5 Å². The molecule has 16 heavy (non-hydrogen) atoms. The molecule has 0 bridgehead atoms. The Morgan fingerprint density at radius 1 is 1.38 bits per heavy atom. The summed E-state index contributed by atoms with van der Waals surface area (Å²) in [7, 11) is 0. The van der Waals surface area contributed by atoms with Gasteiger partial charge in [0, 0.05) is 11.4 Å². The highest BCUT2D eigenvalue weighted by atomic mass is 32.1. The average molecular weight is 237 g/mol. The van der Waals surface area contributed by atoms with E-state index in [0.29, 0.717) is 18.8 Å². The molecule has 1 aromatic heterocycles. The Morgan fingerprint density at radius 3 is 2.81 bits per heavy atom. The Balaban J connectivity index is 2.07. The minimum atomic E-state index is -0.532. The predicted molar refractivity (Wildman–Crippen MR) is 64.2 cm³/mol. The molecule has 0 aliphatic heterocycles. The van der Waals surface area contributed by atoms with E-state index >= 15 is 0 Å². The van der Waals surface area contributed by atoms with Gasteiger partial charge in [0.25, 0.3) is 10.9 Å². The van der Waals surface area contributed by atoms with Crippen molar-refractivity contribution in [3.63, 3.8) is 0 Å². The zero-order valence-corrected chi connectivity index (χ0v) is 9.60. The van der Waals surface area contributed by atoms with Crippen LogP contribution in [0.25, 0.3) is 0 Å². The van der Waals surface area contributed by atoms with Crippen LogP contribution in [0.2, 0.25) is 0 Å². The van der Waals surface area contributed by atoms with Crippen LogP contribution in [0.4, 0.5) is 5.69 Å². The molecule has 0 atom stereocenters. The third-order valence-corrected chi connectivity index (χ3v) is 3.05. The van der Waals surface area contributed by atoms with Crippen molar-refractivity contribution in [3.05, 3.63) is 42.8 Å². The molecule has 0 unspecified atom stereocenters. The number of nitrogens with one attached hydrogen (secondary N) is 1. The number of hydrogen-bond donors (Lipinski definition) is 1. The summed E-state index contributed by atoms with van der Waals surface area (Å²) in [4.78, 5) is 23.5. The second-order valence-corrected chi connectivity index (χ2v) is 4.26. The fraction of sp³-hybridized carbons (Fsp3) is 0.273. The first kappa shape index (κ1) is 10.9. The predicted octanol–water partition coefficient (Wildman–Crippen LogP) is 1.35. The zero-order chi connectivity index (χ0) is 11.5. The van der Waals surface area contributed by atoms with Gasteiger partial charge < -0.3 is 10.1 Å². The summed E-state index contributed by atoms with van der Waals surface area (Å²) in [6.45, 7) is 2.71. The summed E-state index contributed by atoms with van der Waals surface area (Å²) in [6.07, 6.45) is 0. The van der Waals surface area contributed by atoms with Gasteiger partial charge >= 0.3 is 0 Å². The Bertz CT molecular complexity index is 538. The summed E-state index contributed by atoms with van der Waals surface area (Å²) in [5.41, 5.74) is -0.712. The molecule has 1 heterocycles. The van der Waals surface area contributed by atoms with E-state index in [1.807, 2.05) is 17.5 Å². The Labute approximate surface area is 96.2 Å². The quantitative estimate of drug-likeness (QED) is 0.798. The molecule has 5 heteroatoms. The van der Waals surface area contributed by atoms with Crippen LogP contribution in [0.3, 0.4) is 0 Å². The molecule has 84 valence electrons. The van der Waals surface area contributed by atoms with Crippen LogP contribution < -0.4 is 20.9 Å². The van der Waals surface area contributed by atoms with Crippen LogP contribution in [0.1, 0.15) is 11.8 Å². The molecule has 0 saturated carbocycles. The van der Waals surface area contributed by atoms with Crippen LogP contribution in [-0.4, -0.2) is 6.61 Å². The third-order valence-electron chi connectivity index (χ3n) is 2.17. The fourth-order valence-electron chi connectivity index (χ4n) is 1.40. The zero-order valence-electron chi connectivity index (χ0n) is 8.78. The minimum Gasteiger partial charge on any atom is -0.488 e. The van der Waals surface area contributed by atoms with Crippen molar-refractivity contribution < 1.29 is 4.74 Å². The topological polar surface area (TPSA) is 55.4 Å². The van der Waals surface area contributed by atoms with Gasteiger partial charge in [0.2, 0.25) is 0 Å². The van der Waals surface area contributed by atoms with Crippen molar-refractivity contribution in [3.8, 4) is 5.75 Å². The maximum Gasteiger partial charge on any atom is 0.272 e. The van der Waals surface area contributed by atoms with Gasteiger partial charge in [-0.15, -0.1) is 11.3 Å².